The second-order valence-corrected chi connectivity index (χ2v) is 4.92. The summed E-state index contributed by atoms with van der Waals surface area (Å²) in [5, 5.41) is 0. The standard InChI is InChI=1S/C20H18O2/c1-3-9-19(21)17-13-7-5-11-15(17)16-12-6-8-14-18(16)20(22)10-4-2/h3-8,11-14H,1-2,9-10H2. The summed E-state index contributed by atoms with van der Waals surface area (Å²) in [4.78, 5) is 24.5. The minimum Gasteiger partial charge on any atom is -0.294 e. The lowest BCUT2D eigenvalue weighted by Gasteiger charge is -2.12. The fraction of sp³-hybridized carbons (Fsp3) is 0.100. The summed E-state index contributed by atoms with van der Waals surface area (Å²) in [6.45, 7) is 7.23. The first-order valence-corrected chi connectivity index (χ1v) is 7.15. The third-order valence-electron chi connectivity index (χ3n) is 3.40. The largest absolute Gasteiger partial charge is 0.294 e. The molecule has 2 heteroatoms. The highest BCUT2D eigenvalue weighted by Crippen LogP contribution is 2.29. The monoisotopic (exact) mass is 290 g/mol. The van der Waals surface area contributed by atoms with E-state index in [2.05, 4.69) is 13.2 Å². The predicted octanol–water partition coefficient (Wildman–Crippen LogP) is 4.87. The first-order valence-electron chi connectivity index (χ1n) is 7.15. The van der Waals surface area contributed by atoms with Gasteiger partial charge in [-0.1, -0.05) is 60.7 Å². The van der Waals surface area contributed by atoms with Crippen LogP contribution in [0, 0.1) is 0 Å². The Kier molecular flexibility index (Phi) is 5.21. The molecule has 0 heterocycles. The number of Topliss-reactive ketones (excluding diaryl/α,β-unsaturated/α-hetero) is 2. The number of allylic oxidation sites excluding steroid dienone is 2. The maximum atomic E-state index is 12.3. The molecule has 22 heavy (non-hydrogen) atoms. The van der Waals surface area contributed by atoms with Crippen molar-refractivity contribution in [1.82, 2.24) is 0 Å². The maximum absolute atomic E-state index is 12.3. The molecule has 0 aliphatic carbocycles. The molecule has 0 aromatic heterocycles. The molecular formula is C20H18O2. The summed E-state index contributed by atoms with van der Waals surface area (Å²) < 4.78 is 0. The first-order chi connectivity index (χ1) is 10.7. The Labute approximate surface area is 130 Å². The SMILES string of the molecule is C=CCC(=O)c1ccccc1-c1ccccc1C(=O)CC=C. The van der Waals surface area contributed by atoms with Crippen molar-refractivity contribution in [2.75, 3.05) is 0 Å². The normalized spacial score (nSPS) is 10.0. The van der Waals surface area contributed by atoms with Crippen LogP contribution in [-0.4, -0.2) is 11.6 Å². The van der Waals surface area contributed by atoms with Gasteiger partial charge in [-0.15, -0.1) is 13.2 Å². The van der Waals surface area contributed by atoms with Gasteiger partial charge in [0.2, 0.25) is 0 Å². The zero-order valence-corrected chi connectivity index (χ0v) is 12.4. The number of carbonyl (C=O) groups excluding carboxylic acids is 2. The topological polar surface area (TPSA) is 34.1 Å². The number of benzene rings is 2. The summed E-state index contributed by atoms with van der Waals surface area (Å²) in [7, 11) is 0. The van der Waals surface area contributed by atoms with Gasteiger partial charge in [0.05, 0.1) is 0 Å². The van der Waals surface area contributed by atoms with E-state index in [0.717, 1.165) is 11.1 Å². The highest BCUT2D eigenvalue weighted by molar-refractivity contribution is 6.08. The molecule has 0 spiro atoms. The molecule has 0 unspecified atom stereocenters. The van der Waals surface area contributed by atoms with Crippen LogP contribution in [0.2, 0.25) is 0 Å². The van der Waals surface area contributed by atoms with Crippen molar-refractivity contribution in [2.24, 2.45) is 0 Å². The molecule has 0 aliphatic heterocycles. The Morgan fingerprint density at radius 3 is 1.45 bits per heavy atom. The fourth-order valence-electron chi connectivity index (χ4n) is 2.40. The molecule has 2 rings (SSSR count). The van der Waals surface area contributed by atoms with Gasteiger partial charge in [-0.2, -0.15) is 0 Å². The highest BCUT2D eigenvalue weighted by Gasteiger charge is 2.16. The van der Waals surface area contributed by atoms with Crippen LogP contribution in [0.5, 0.6) is 0 Å². The van der Waals surface area contributed by atoms with Gasteiger partial charge < -0.3 is 0 Å². The smallest absolute Gasteiger partial charge is 0.167 e. The summed E-state index contributed by atoms with van der Waals surface area (Å²) in [6.07, 6.45) is 3.74. The molecule has 0 radical (unpaired) electrons. The molecule has 0 saturated carbocycles. The fourth-order valence-corrected chi connectivity index (χ4v) is 2.40. The van der Waals surface area contributed by atoms with Crippen molar-refractivity contribution in [3.63, 3.8) is 0 Å². The van der Waals surface area contributed by atoms with E-state index in [0.29, 0.717) is 11.1 Å². The average molecular weight is 290 g/mol. The van der Waals surface area contributed by atoms with Gasteiger partial charge in [-0.05, 0) is 11.1 Å². The van der Waals surface area contributed by atoms with Crippen molar-refractivity contribution in [3.05, 3.63) is 85.0 Å². The van der Waals surface area contributed by atoms with E-state index >= 15 is 0 Å². The van der Waals surface area contributed by atoms with Gasteiger partial charge >= 0.3 is 0 Å². The van der Waals surface area contributed by atoms with E-state index in [1.807, 2.05) is 36.4 Å². The van der Waals surface area contributed by atoms with Crippen molar-refractivity contribution in [1.29, 1.82) is 0 Å². The van der Waals surface area contributed by atoms with E-state index in [1.54, 1.807) is 24.3 Å². The third kappa shape index (κ3) is 3.29. The maximum Gasteiger partial charge on any atom is 0.167 e. The van der Waals surface area contributed by atoms with Gasteiger partial charge in [-0.25, -0.2) is 0 Å². The lowest BCUT2D eigenvalue weighted by molar-refractivity contribution is 0.0986. The van der Waals surface area contributed by atoms with E-state index in [4.69, 9.17) is 0 Å². The quantitative estimate of drug-likeness (QED) is 0.538. The van der Waals surface area contributed by atoms with Crippen LogP contribution in [0.15, 0.2) is 73.8 Å². The molecule has 0 atom stereocenters. The zero-order chi connectivity index (χ0) is 15.9. The minimum absolute atomic E-state index is 0.00317. The first kappa shape index (κ1) is 15.6. The molecule has 0 fully saturated rings. The molecule has 2 aromatic rings. The van der Waals surface area contributed by atoms with Crippen molar-refractivity contribution in [3.8, 4) is 11.1 Å². The van der Waals surface area contributed by atoms with Crippen LogP contribution in [0.4, 0.5) is 0 Å². The van der Waals surface area contributed by atoms with E-state index in [9.17, 15) is 9.59 Å². The molecule has 0 bridgehead atoms. The third-order valence-corrected chi connectivity index (χ3v) is 3.40. The second-order valence-electron chi connectivity index (χ2n) is 4.92. The van der Waals surface area contributed by atoms with Gasteiger partial charge in [0.25, 0.3) is 0 Å². The van der Waals surface area contributed by atoms with E-state index in [1.165, 1.54) is 0 Å². The van der Waals surface area contributed by atoms with Crippen LogP contribution in [0.1, 0.15) is 33.6 Å². The highest BCUT2D eigenvalue weighted by atomic mass is 16.1. The molecule has 0 saturated heterocycles. The molecule has 0 aliphatic rings. The predicted molar refractivity (Wildman–Crippen MR) is 90.2 cm³/mol. The summed E-state index contributed by atoms with van der Waals surface area (Å²) in [6, 6.07) is 14.7. The zero-order valence-electron chi connectivity index (χ0n) is 12.4. The lowest BCUT2D eigenvalue weighted by atomic mass is 9.91. The minimum atomic E-state index is -0.00317. The van der Waals surface area contributed by atoms with Crippen LogP contribution in [-0.2, 0) is 0 Å². The van der Waals surface area contributed by atoms with Crippen molar-refractivity contribution in [2.45, 2.75) is 12.8 Å². The number of hydrogen-bond donors (Lipinski definition) is 0. The van der Waals surface area contributed by atoms with Crippen molar-refractivity contribution >= 4 is 11.6 Å². The Morgan fingerprint density at radius 2 is 1.09 bits per heavy atom. The van der Waals surface area contributed by atoms with Gasteiger partial charge in [0.15, 0.2) is 11.6 Å². The van der Waals surface area contributed by atoms with E-state index in [-0.39, 0.29) is 24.4 Å². The lowest BCUT2D eigenvalue weighted by Crippen LogP contribution is -2.04. The second kappa shape index (κ2) is 7.32. The Morgan fingerprint density at radius 1 is 0.727 bits per heavy atom. The van der Waals surface area contributed by atoms with E-state index < -0.39 is 0 Å². The molecule has 2 aromatic carbocycles. The van der Waals surface area contributed by atoms with Crippen LogP contribution in [0.3, 0.4) is 0 Å². The van der Waals surface area contributed by atoms with Gasteiger partial charge in [0, 0.05) is 24.0 Å². The average Bonchev–Trinajstić information content (AvgIpc) is 2.55. The Hall–Kier alpha value is -2.74. The van der Waals surface area contributed by atoms with Crippen LogP contribution >= 0.6 is 0 Å². The Bertz CT molecular complexity index is 662. The summed E-state index contributed by atoms with van der Waals surface area (Å²) in [5.74, 6) is -0.00635. The Balaban J connectivity index is 2.58. The van der Waals surface area contributed by atoms with Crippen LogP contribution in [0.25, 0.3) is 11.1 Å². The number of hydrogen-bond acceptors (Lipinski definition) is 2. The summed E-state index contributed by atoms with van der Waals surface area (Å²) in [5.41, 5.74) is 2.78. The van der Waals surface area contributed by atoms with Crippen molar-refractivity contribution < 1.29 is 9.59 Å². The van der Waals surface area contributed by atoms with Gasteiger partial charge in [0.1, 0.15) is 0 Å². The number of carbonyl (C=O) groups is 2. The molecule has 2 nitrogen and oxygen atoms in total. The number of ketones is 2. The van der Waals surface area contributed by atoms with Crippen LogP contribution < -0.4 is 0 Å². The number of rotatable bonds is 7. The molecule has 0 N–H and O–H groups in total. The van der Waals surface area contributed by atoms with Gasteiger partial charge in [-0.3, -0.25) is 9.59 Å². The molecule has 0 amide bonds. The molecule has 110 valence electrons. The molecular weight excluding hydrogens is 272 g/mol. The summed E-state index contributed by atoms with van der Waals surface area (Å²) >= 11 is 0.